The van der Waals surface area contributed by atoms with Crippen LogP contribution in [0.3, 0.4) is 0 Å². The molecule has 1 amide bonds. The number of nitrogens with zero attached hydrogens (tertiary/aromatic N) is 2. The van der Waals surface area contributed by atoms with Crippen LogP contribution in [0.5, 0.6) is 0 Å². The second-order valence-corrected chi connectivity index (χ2v) is 6.18. The average molecular weight is 287 g/mol. The van der Waals surface area contributed by atoms with Gasteiger partial charge in [0.25, 0.3) is 0 Å². The number of fused-ring (bicyclic) bond motifs is 1. The van der Waals surface area contributed by atoms with Gasteiger partial charge >= 0.3 is 0 Å². The average Bonchev–Trinajstić information content (AvgIpc) is 2.53. The molecular weight excluding hydrogens is 262 g/mol. The van der Waals surface area contributed by atoms with Crippen LogP contribution in [0.1, 0.15) is 31.7 Å². The number of rotatable bonds is 2. The molecule has 1 fully saturated rings. The zero-order chi connectivity index (χ0) is 14.8. The lowest BCUT2D eigenvalue weighted by Gasteiger charge is -2.38. The molecule has 2 aliphatic heterocycles. The fourth-order valence-corrected chi connectivity index (χ4v) is 3.48. The van der Waals surface area contributed by atoms with Crippen molar-refractivity contribution < 1.29 is 4.79 Å². The highest BCUT2D eigenvalue weighted by atomic mass is 16.2. The summed E-state index contributed by atoms with van der Waals surface area (Å²) < 4.78 is 0. The smallest absolute Gasteiger partial charge is 0.230 e. The SMILES string of the molecule is CCN1CCN(C(=O)C2CC(C)Nc3ccccc32)CC1. The molecule has 2 heterocycles. The molecule has 21 heavy (non-hydrogen) atoms. The molecule has 4 heteroatoms. The maximum atomic E-state index is 12.9. The van der Waals surface area contributed by atoms with Gasteiger partial charge in [0.1, 0.15) is 0 Å². The third kappa shape index (κ3) is 2.91. The van der Waals surface area contributed by atoms with E-state index in [1.54, 1.807) is 0 Å². The predicted molar refractivity (Wildman–Crippen MR) is 85.6 cm³/mol. The lowest BCUT2D eigenvalue weighted by Crippen LogP contribution is -2.50. The first-order valence-corrected chi connectivity index (χ1v) is 8.05. The predicted octanol–water partition coefficient (Wildman–Crippen LogP) is 2.14. The third-order valence-electron chi connectivity index (χ3n) is 4.76. The van der Waals surface area contributed by atoms with Gasteiger partial charge in [-0.1, -0.05) is 25.1 Å². The lowest BCUT2D eigenvalue weighted by molar-refractivity contribution is -0.134. The topological polar surface area (TPSA) is 35.6 Å². The number of amides is 1. The summed E-state index contributed by atoms with van der Waals surface area (Å²) in [4.78, 5) is 17.4. The molecular formula is C17H25N3O. The number of anilines is 1. The summed E-state index contributed by atoms with van der Waals surface area (Å²) in [6.45, 7) is 9.16. The number of benzene rings is 1. The van der Waals surface area contributed by atoms with Crippen molar-refractivity contribution in [3.63, 3.8) is 0 Å². The van der Waals surface area contributed by atoms with E-state index in [-0.39, 0.29) is 5.92 Å². The maximum absolute atomic E-state index is 12.9. The van der Waals surface area contributed by atoms with Gasteiger partial charge in [0, 0.05) is 37.9 Å². The van der Waals surface area contributed by atoms with Crippen molar-refractivity contribution >= 4 is 11.6 Å². The first-order chi connectivity index (χ1) is 10.2. The van der Waals surface area contributed by atoms with Crippen LogP contribution in [-0.4, -0.2) is 54.5 Å². The zero-order valence-electron chi connectivity index (χ0n) is 13.0. The first kappa shape index (κ1) is 14.4. The first-order valence-electron chi connectivity index (χ1n) is 8.05. The second kappa shape index (κ2) is 6.06. The van der Waals surface area contributed by atoms with Gasteiger partial charge in [0.15, 0.2) is 0 Å². The van der Waals surface area contributed by atoms with E-state index in [2.05, 4.69) is 41.1 Å². The van der Waals surface area contributed by atoms with Gasteiger partial charge < -0.3 is 15.1 Å². The number of carbonyl (C=O) groups excluding carboxylic acids is 1. The van der Waals surface area contributed by atoms with Gasteiger partial charge in [0.05, 0.1) is 5.92 Å². The molecule has 3 rings (SSSR count). The Labute approximate surface area is 127 Å². The monoisotopic (exact) mass is 287 g/mol. The van der Waals surface area contributed by atoms with E-state index in [0.29, 0.717) is 11.9 Å². The molecule has 114 valence electrons. The number of hydrogen-bond donors (Lipinski definition) is 1. The van der Waals surface area contributed by atoms with Crippen LogP contribution in [0.2, 0.25) is 0 Å². The molecule has 0 spiro atoms. The van der Waals surface area contributed by atoms with Crippen LogP contribution in [0.25, 0.3) is 0 Å². The molecule has 2 aliphatic rings. The number of piperazine rings is 1. The second-order valence-electron chi connectivity index (χ2n) is 6.18. The maximum Gasteiger partial charge on any atom is 0.230 e. The Morgan fingerprint density at radius 2 is 1.95 bits per heavy atom. The molecule has 4 nitrogen and oxygen atoms in total. The van der Waals surface area contributed by atoms with E-state index in [4.69, 9.17) is 0 Å². The molecule has 1 aromatic carbocycles. The van der Waals surface area contributed by atoms with Gasteiger partial charge in [-0.2, -0.15) is 0 Å². The molecule has 0 aromatic heterocycles. The third-order valence-corrected chi connectivity index (χ3v) is 4.76. The molecule has 2 atom stereocenters. The van der Waals surface area contributed by atoms with Crippen molar-refractivity contribution in [2.45, 2.75) is 32.2 Å². The normalized spacial score (nSPS) is 26.1. The van der Waals surface area contributed by atoms with E-state index < -0.39 is 0 Å². The zero-order valence-corrected chi connectivity index (χ0v) is 13.0. The van der Waals surface area contributed by atoms with E-state index in [1.165, 1.54) is 5.56 Å². The molecule has 0 bridgehead atoms. The molecule has 2 unspecified atom stereocenters. The molecule has 0 saturated carbocycles. The summed E-state index contributed by atoms with van der Waals surface area (Å²) in [7, 11) is 0. The van der Waals surface area contributed by atoms with Crippen LogP contribution < -0.4 is 5.32 Å². The molecule has 0 aliphatic carbocycles. The summed E-state index contributed by atoms with van der Waals surface area (Å²) in [6.07, 6.45) is 0.893. The summed E-state index contributed by atoms with van der Waals surface area (Å²) in [6, 6.07) is 8.60. The van der Waals surface area contributed by atoms with Crippen LogP contribution in [0.4, 0.5) is 5.69 Å². The minimum atomic E-state index is 0.0191. The highest BCUT2D eigenvalue weighted by Gasteiger charge is 2.33. The number of likely N-dealkylation sites (N-methyl/N-ethyl adjacent to an activating group) is 1. The van der Waals surface area contributed by atoms with Crippen molar-refractivity contribution in [2.24, 2.45) is 0 Å². The number of carbonyl (C=O) groups is 1. The fraction of sp³-hybridized carbons (Fsp3) is 0.588. The number of nitrogens with one attached hydrogen (secondary N) is 1. The van der Waals surface area contributed by atoms with Gasteiger partial charge in [-0.05, 0) is 31.5 Å². The quantitative estimate of drug-likeness (QED) is 0.905. The highest BCUT2D eigenvalue weighted by Crippen LogP contribution is 2.35. The Bertz CT molecular complexity index is 509. The van der Waals surface area contributed by atoms with Crippen LogP contribution >= 0.6 is 0 Å². The van der Waals surface area contributed by atoms with Gasteiger partial charge in [-0.3, -0.25) is 4.79 Å². The lowest BCUT2D eigenvalue weighted by atomic mass is 9.86. The van der Waals surface area contributed by atoms with Crippen LogP contribution in [0.15, 0.2) is 24.3 Å². The molecule has 0 radical (unpaired) electrons. The van der Waals surface area contributed by atoms with Crippen molar-refractivity contribution in [1.29, 1.82) is 0 Å². The van der Waals surface area contributed by atoms with Crippen LogP contribution in [0, 0.1) is 0 Å². The minimum Gasteiger partial charge on any atom is -0.382 e. The van der Waals surface area contributed by atoms with E-state index >= 15 is 0 Å². The molecule has 1 N–H and O–H groups in total. The van der Waals surface area contributed by atoms with Crippen molar-refractivity contribution in [3.8, 4) is 0 Å². The summed E-state index contributed by atoms with van der Waals surface area (Å²) in [5.41, 5.74) is 2.29. The van der Waals surface area contributed by atoms with Crippen LogP contribution in [-0.2, 0) is 4.79 Å². The molecule has 1 aromatic rings. The minimum absolute atomic E-state index is 0.0191. The standard InChI is InChI=1S/C17H25N3O/c1-3-19-8-10-20(11-9-19)17(21)15-12-13(2)18-16-7-5-4-6-14(15)16/h4-7,13,15,18H,3,8-12H2,1-2H3. The van der Waals surface area contributed by atoms with E-state index in [0.717, 1.165) is 44.8 Å². The van der Waals surface area contributed by atoms with Gasteiger partial charge in [-0.25, -0.2) is 0 Å². The number of hydrogen-bond acceptors (Lipinski definition) is 3. The van der Waals surface area contributed by atoms with Crippen molar-refractivity contribution in [2.75, 3.05) is 38.0 Å². The largest absolute Gasteiger partial charge is 0.382 e. The van der Waals surface area contributed by atoms with Gasteiger partial charge in [0.2, 0.25) is 5.91 Å². The molecule has 1 saturated heterocycles. The Kier molecular flexibility index (Phi) is 4.15. The Morgan fingerprint density at radius 1 is 1.24 bits per heavy atom. The van der Waals surface area contributed by atoms with Crippen molar-refractivity contribution in [3.05, 3.63) is 29.8 Å². The summed E-state index contributed by atoms with van der Waals surface area (Å²) in [5, 5.41) is 3.48. The van der Waals surface area contributed by atoms with Crippen molar-refractivity contribution in [1.82, 2.24) is 9.80 Å². The van der Waals surface area contributed by atoms with E-state index in [9.17, 15) is 4.79 Å². The Hall–Kier alpha value is -1.55. The number of para-hydroxylation sites is 1. The van der Waals surface area contributed by atoms with E-state index in [1.807, 2.05) is 12.1 Å². The Balaban J connectivity index is 1.76. The Morgan fingerprint density at radius 3 is 2.67 bits per heavy atom. The highest BCUT2D eigenvalue weighted by molar-refractivity contribution is 5.86. The van der Waals surface area contributed by atoms with Gasteiger partial charge in [-0.15, -0.1) is 0 Å². The summed E-state index contributed by atoms with van der Waals surface area (Å²) >= 11 is 0. The summed E-state index contributed by atoms with van der Waals surface area (Å²) in [5.74, 6) is 0.331. The fourth-order valence-electron chi connectivity index (χ4n) is 3.48.